The second-order valence-corrected chi connectivity index (χ2v) is 5.84. The van der Waals surface area contributed by atoms with Gasteiger partial charge < -0.3 is 19.9 Å². The number of likely N-dealkylation sites (N-methyl/N-ethyl adjacent to an activating group) is 2. The molecule has 1 aromatic rings. The summed E-state index contributed by atoms with van der Waals surface area (Å²) in [5.41, 5.74) is 1.34. The zero-order valence-electron chi connectivity index (χ0n) is 13.6. The average Bonchev–Trinajstić information content (AvgIpc) is 2.72. The Bertz CT molecular complexity index is 407. The second kappa shape index (κ2) is 8.37. The number of rotatable bonds is 6. The largest absolute Gasteiger partial charge is 0.497 e. The summed E-state index contributed by atoms with van der Waals surface area (Å²) < 4.78 is 5.25. The molecule has 1 aliphatic rings. The van der Waals surface area contributed by atoms with Crippen molar-refractivity contribution in [3.8, 4) is 5.75 Å². The highest BCUT2D eigenvalue weighted by atomic mass is 16.5. The molecule has 0 aromatic heterocycles. The van der Waals surface area contributed by atoms with Crippen molar-refractivity contribution in [3.63, 3.8) is 0 Å². The van der Waals surface area contributed by atoms with E-state index in [1.807, 2.05) is 0 Å². The van der Waals surface area contributed by atoms with Gasteiger partial charge in [0.05, 0.1) is 7.11 Å². The van der Waals surface area contributed by atoms with E-state index in [-0.39, 0.29) is 0 Å². The average molecular weight is 291 g/mol. The van der Waals surface area contributed by atoms with Gasteiger partial charge in [0, 0.05) is 25.7 Å². The normalized spacial score (nSPS) is 19.2. The minimum atomic E-state index is 0.393. The van der Waals surface area contributed by atoms with Crippen molar-refractivity contribution >= 4 is 0 Å². The van der Waals surface area contributed by atoms with Gasteiger partial charge in [-0.3, -0.25) is 0 Å². The van der Waals surface area contributed by atoms with Gasteiger partial charge in [0.25, 0.3) is 0 Å². The van der Waals surface area contributed by atoms with Crippen LogP contribution in [0.1, 0.15) is 24.9 Å². The quantitative estimate of drug-likeness (QED) is 0.867. The summed E-state index contributed by atoms with van der Waals surface area (Å²) in [6.07, 6.45) is 1.26. The zero-order valence-corrected chi connectivity index (χ0v) is 13.6. The summed E-state index contributed by atoms with van der Waals surface area (Å²) >= 11 is 0. The molecule has 0 radical (unpaired) electrons. The molecule has 4 nitrogen and oxygen atoms in total. The van der Waals surface area contributed by atoms with Crippen LogP contribution in [0.5, 0.6) is 5.75 Å². The maximum atomic E-state index is 5.25. The molecule has 0 spiro atoms. The van der Waals surface area contributed by atoms with Gasteiger partial charge in [0.2, 0.25) is 0 Å². The van der Waals surface area contributed by atoms with Crippen molar-refractivity contribution in [2.24, 2.45) is 0 Å². The van der Waals surface area contributed by atoms with Crippen molar-refractivity contribution in [1.29, 1.82) is 0 Å². The Morgan fingerprint density at radius 3 is 2.57 bits per heavy atom. The minimum Gasteiger partial charge on any atom is -0.497 e. The number of benzene rings is 1. The van der Waals surface area contributed by atoms with Gasteiger partial charge in [-0.05, 0) is 50.8 Å². The van der Waals surface area contributed by atoms with Crippen LogP contribution in [-0.2, 0) is 0 Å². The van der Waals surface area contributed by atoms with E-state index in [1.54, 1.807) is 7.11 Å². The number of nitrogens with zero attached hydrogens (tertiary/aromatic N) is 2. The predicted molar refractivity (Wildman–Crippen MR) is 88.0 cm³/mol. The van der Waals surface area contributed by atoms with Crippen LogP contribution in [0.3, 0.4) is 0 Å². The van der Waals surface area contributed by atoms with E-state index in [1.165, 1.54) is 31.6 Å². The minimum absolute atomic E-state index is 0.393. The summed E-state index contributed by atoms with van der Waals surface area (Å²) in [7, 11) is 3.93. The summed E-state index contributed by atoms with van der Waals surface area (Å²) in [5.74, 6) is 0.922. The summed E-state index contributed by atoms with van der Waals surface area (Å²) in [6.45, 7) is 8.98. The van der Waals surface area contributed by atoms with E-state index in [0.717, 1.165) is 25.4 Å². The first-order chi connectivity index (χ1) is 10.2. The molecule has 1 fully saturated rings. The molecule has 1 aromatic carbocycles. The Hall–Kier alpha value is -1.10. The number of hydrogen-bond donors (Lipinski definition) is 1. The maximum absolute atomic E-state index is 5.25. The van der Waals surface area contributed by atoms with Crippen molar-refractivity contribution in [3.05, 3.63) is 29.8 Å². The highest BCUT2D eigenvalue weighted by Crippen LogP contribution is 2.19. The highest BCUT2D eigenvalue weighted by Gasteiger charge is 2.18. The lowest BCUT2D eigenvalue weighted by Crippen LogP contribution is -2.37. The van der Waals surface area contributed by atoms with E-state index in [0.29, 0.717) is 6.04 Å². The first-order valence-electron chi connectivity index (χ1n) is 8.01. The monoisotopic (exact) mass is 291 g/mol. The number of ether oxygens (including phenoxy) is 1. The molecule has 1 atom stereocenters. The molecule has 0 bridgehead atoms. The highest BCUT2D eigenvalue weighted by molar-refractivity contribution is 5.29. The summed E-state index contributed by atoms with van der Waals surface area (Å²) in [6, 6.07) is 8.85. The van der Waals surface area contributed by atoms with Gasteiger partial charge in [-0.25, -0.2) is 0 Å². The van der Waals surface area contributed by atoms with Crippen LogP contribution in [0, 0.1) is 0 Å². The van der Waals surface area contributed by atoms with E-state index in [4.69, 9.17) is 4.74 Å². The molecule has 21 heavy (non-hydrogen) atoms. The third kappa shape index (κ3) is 4.99. The molecule has 1 unspecified atom stereocenters. The maximum Gasteiger partial charge on any atom is 0.118 e. The van der Waals surface area contributed by atoms with Gasteiger partial charge in [0.15, 0.2) is 0 Å². The van der Waals surface area contributed by atoms with Crippen LogP contribution in [0.15, 0.2) is 24.3 Å². The molecule has 1 aliphatic heterocycles. The van der Waals surface area contributed by atoms with E-state index >= 15 is 0 Å². The fourth-order valence-electron chi connectivity index (χ4n) is 2.91. The first-order valence-corrected chi connectivity index (χ1v) is 8.01. The van der Waals surface area contributed by atoms with Crippen molar-refractivity contribution < 1.29 is 4.74 Å². The lowest BCUT2D eigenvalue weighted by Gasteiger charge is -2.27. The lowest BCUT2D eigenvalue weighted by molar-refractivity contribution is 0.248. The predicted octanol–water partition coefficient (Wildman–Crippen LogP) is 1.98. The zero-order chi connectivity index (χ0) is 15.1. The van der Waals surface area contributed by atoms with Crippen molar-refractivity contribution in [1.82, 2.24) is 15.1 Å². The summed E-state index contributed by atoms with van der Waals surface area (Å²) in [5, 5.41) is 3.62. The summed E-state index contributed by atoms with van der Waals surface area (Å²) in [4.78, 5) is 5.01. The van der Waals surface area contributed by atoms with Crippen LogP contribution in [0.25, 0.3) is 0 Å². The first kappa shape index (κ1) is 16.3. The number of methoxy groups -OCH3 is 1. The van der Waals surface area contributed by atoms with Gasteiger partial charge in [0.1, 0.15) is 5.75 Å². The fourth-order valence-corrected chi connectivity index (χ4v) is 2.91. The molecular weight excluding hydrogens is 262 g/mol. The molecule has 4 heteroatoms. The Balaban J connectivity index is 2.00. The van der Waals surface area contributed by atoms with Crippen LogP contribution >= 0.6 is 0 Å². The molecule has 1 heterocycles. The van der Waals surface area contributed by atoms with Gasteiger partial charge in [-0.1, -0.05) is 19.1 Å². The Morgan fingerprint density at radius 2 is 1.90 bits per heavy atom. The lowest BCUT2D eigenvalue weighted by atomic mass is 10.1. The van der Waals surface area contributed by atoms with Crippen LogP contribution < -0.4 is 10.1 Å². The standard InChI is InChI=1S/C17H29N3O/c1-4-18-17(15-6-8-16(21-3)9-7-15)14-20-11-5-10-19(2)12-13-20/h6-9,17-18H,4-5,10-14H2,1-3H3. The van der Waals surface area contributed by atoms with E-state index in [2.05, 4.69) is 53.4 Å². The van der Waals surface area contributed by atoms with Crippen molar-refractivity contribution in [2.75, 3.05) is 53.4 Å². The fraction of sp³-hybridized carbons (Fsp3) is 0.647. The molecule has 2 rings (SSSR count). The number of hydrogen-bond acceptors (Lipinski definition) is 4. The molecule has 1 saturated heterocycles. The van der Waals surface area contributed by atoms with Crippen LogP contribution in [-0.4, -0.2) is 63.2 Å². The van der Waals surface area contributed by atoms with Crippen molar-refractivity contribution in [2.45, 2.75) is 19.4 Å². The third-order valence-corrected chi connectivity index (χ3v) is 4.22. The molecular formula is C17H29N3O. The Labute approximate surface area is 129 Å². The van der Waals surface area contributed by atoms with Crippen LogP contribution in [0.4, 0.5) is 0 Å². The number of nitrogens with one attached hydrogen (secondary N) is 1. The SMILES string of the molecule is CCNC(CN1CCCN(C)CC1)c1ccc(OC)cc1. The second-order valence-electron chi connectivity index (χ2n) is 5.84. The van der Waals surface area contributed by atoms with E-state index in [9.17, 15) is 0 Å². The molecule has 0 amide bonds. The molecule has 1 N–H and O–H groups in total. The van der Waals surface area contributed by atoms with Gasteiger partial charge >= 0.3 is 0 Å². The Kier molecular flexibility index (Phi) is 6.49. The molecule has 0 saturated carbocycles. The topological polar surface area (TPSA) is 27.7 Å². The molecule has 0 aliphatic carbocycles. The Morgan fingerprint density at radius 1 is 1.14 bits per heavy atom. The smallest absolute Gasteiger partial charge is 0.118 e. The molecule has 118 valence electrons. The van der Waals surface area contributed by atoms with Gasteiger partial charge in [-0.2, -0.15) is 0 Å². The van der Waals surface area contributed by atoms with Crippen LogP contribution in [0.2, 0.25) is 0 Å². The van der Waals surface area contributed by atoms with Gasteiger partial charge in [-0.15, -0.1) is 0 Å². The van der Waals surface area contributed by atoms with E-state index < -0.39 is 0 Å². The third-order valence-electron chi connectivity index (χ3n) is 4.22.